The number of benzene rings is 1. The van der Waals surface area contributed by atoms with E-state index in [1.54, 1.807) is 24.4 Å². The highest BCUT2D eigenvalue weighted by Crippen LogP contribution is 2.20. The molecule has 0 atom stereocenters. The Morgan fingerprint density at radius 2 is 1.93 bits per heavy atom. The molecule has 1 aliphatic rings. The molecule has 3 heterocycles. The molecule has 7 heteroatoms. The predicted molar refractivity (Wildman–Crippen MR) is 110 cm³/mol. The van der Waals surface area contributed by atoms with Gasteiger partial charge < -0.3 is 9.64 Å². The van der Waals surface area contributed by atoms with Crippen LogP contribution in [0.3, 0.4) is 0 Å². The van der Waals surface area contributed by atoms with Gasteiger partial charge in [-0.15, -0.1) is 0 Å². The Bertz CT molecular complexity index is 1070. The minimum absolute atomic E-state index is 0.0188. The number of nitrogens with zero attached hydrogens (tertiary/aromatic N) is 4. The van der Waals surface area contributed by atoms with Gasteiger partial charge in [0.2, 0.25) is 11.8 Å². The number of carbonyl (C=O) groups is 1. The maximum atomic E-state index is 12.7. The van der Waals surface area contributed by atoms with Gasteiger partial charge in [0.25, 0.3) is 5.56 Å². The van der Waals surface area contributed by atoms with Crippen LogP contribution in [-0.4, -0.2) is 45.0 Å². The molecule has 0 aliphatic carbocycles. The molecule has 0 N–H and O–H groups in total. The zero-order chi connectivity index (χ0) is 20.2. The van der Waals surface area contributed by atoms with Crippen LogP contribution in [0.2, 0.25) is 0 Å². The second-order valence-corrected chi connectivity index (χ2v) is 7.46. The van der Waals surface area contributed by atoms with Gasteiger partial charge in [0.05, 0.1) is 23.8 Å². The lowest BCUT2D eigenvalue weighted by molar-refractivity contribution is -0.133. The van der Waals surface area contributed by atoms with E-state index in [1.165, 1.54) is 10.9 Å². The molecule has 0 spiro atoms. The zero-order valence-electron chi connectivity index (χ0n) is 16.5. The number of hydrogen-bond donors (Lipinski definition) is 0. The lowest BCUT2D eigenvalue weighted by atomic mass is 9.98. The van der Waals surface area contributed by atoms with Crippen LogP contribution < -0.4 is 10.3 Å². The van der Waals surface area contributed by atoms with Crippen LogP contribution in [0.1, 0.15) is 18.4 Å². The summed E-state index contributed by atoms with van der Waals surface area (Å²) in [6.07, 6.45) is 4.94. The molecule has 0 bridgehead atoms. The monoisotopic (exact) mass is 392 g/mol. The Morgan fingerprint density at radius 1 is 1.14 bits per heavy atom. The van der Waals surface area contributed by atoms with E-state index >= 15 is 0 Å². The van der Waals surface area contributed by atoms with Crippen LogP contribution in [0.4, 0.5) is 0 Å². The number of likely N-dealkylation sites (tertiary alicyclic amines) is 1. The number of aromatic nitrogens is 3. The summed E-state index contributed by atoms with van der Waals surface area (Å²) in [7, 11) is 0. The number of hydrogen-bond acceptors (Lipinski definition) is 5. The summed E-state index contributed by atoms with van der Waals surface area (Å²) in [6.45, 7) is 3.94. The summed E-state index contributed by atoms with van der Waals surface area (Å²) in [5.74, 6) is 1.02. The molecular formula is C22H24N4O3. The topological polar surface area (TPSA) is 77.3 Å². The second-order valence-electron chi connectivity index (χ2n) is 7.46. The summed E-state index contributed by atoms with van der Waals surface area (Å²) in [4.78, 5) is 35.6. The Balaban J connectivity index is 1.32. The summed E-state index contributed by atoms with van der Waals surface area (Å²) in [5, 5.41) is 0.531. The normalized spacial score (nSPS) is 14.9. The molecule has 4 rings (SSSR count). The SMILES string of the molecule is Cc1cccnc1OCC1CCN(C(=O)Cn2cnc3ccccc3c2=O)CC1. The maximum absolute atomic E-state index is 12.7. The number of para-hydroxylation sites is 1. The van der Waals surface area contributed by atoms with E-state index in [-0.39, 0.29) is 18.0 Å². The quantitative estimate of drug-likeness (QED) is 0.666. The highest BCUT2D eigenvalue weighted by Gasteiger charge is 2.24. The first kappa shape index (κ1) is 19.1. The van der Waals surface area contributed by atoms with Crippen LogP contribution in [0.5, 0.6) is 5.88 Å². The van der Waals surface area contributed by atoms with Crippen LogP contribution in [0, 0.1) is 12.8 Å². The van der Waals surface area contributed by atoms with Crippen molar-refractivity contribution >= 4 is 16.8 Å². The number of piperidine rings is 1. The lowest BCUT2D eigenvalue weighted by Crippen LogP contribution is -2.42. The molecule has 1 aliphatic heterocycles. The first-order valence-electron chi connectivity index (χ1n) is 9.88. The molecule has 1 amide bonds. The highest BCUT2D eigenvalue weighted by atomic mass is 16.5. The number of carbonyl (C=O) groups excluding carboxylic acids is 1. The van der Waals surface area contributed by atoms with E-state index in [1.807, 2.05) is 30.0 Å². The fraction of sp³-hybridized carbons (Fsp3) is 0.364. The Hall–Kier alpha value is -3.22. The van der Waals surface area contributed by atoms with Crippen molar-refractivity contribution in [2.75, 3.05) is 19.7 Å². The molecule has 0 radical (unpaired) electrons. The first-order valence-corrected chi connectivity index (χ1v) is 9.88. The van der Waals surface area contributed by atoms with Gasteiger partial charge in [-0.25, -0.2) is 9.97 Å². The molecule has 1 saturated heterocycles. The van der Waals surface area contributed by atoms with Crippen molar-refractivity contribution in [2.45, 2.75) is 26.3 Å². The van der Waals surface area contributed by atoms with Crippen molar-refractivity contribution in [1.29, 1.82) is 0 Å². The first-order chi connectivity index (χ1) is 14.1. The Kier molecular flexibility index (Phi) is 5.55. The van der Waals surface area contributed by atoms with Crippen LogP contribution >= 0.6 is 0 Å². The number of amides is 1. The van der Waals surface area contributed by atoms with Gasteiger partial charge in [0.1, 0.15) is 6.54 Å². The van der Waals surface area contributed by atoms with E-state index < -0.39 is 0 Å². The molecule has 1 aromatic carbocycles. The van der Waals surface area contributed by atoms with Crippen LogP contribution in [0.15, 0.2) is 53.7 Å². The maximum Gasteiger partial charge on any atom is 0.261 e. The molecule has 7 nitrogen and oxygen atoms in total. The standard InChI is InChI=1S/C22H24N4O3/c1-16-5-4-10-23-21(16)29-14-17-8-11-25(12-9-17)20(27)13-26-15-24-19-7-3-2-6-18(19)22(26)28/h2-7,10,15,17H,8-9,11-14H2,1H3. The average Bonchev–Trinajstić information content (AvgIpc) is 2.75. The Morgan fingerprint density at radius 3 is 2.72 bits per heavy atom. The molecule has 150 valence electrons. The summed E-state index contributed by atoms with van der Waals surface area (Å²) >= 11 is 0. The van der Waals surface area contributed by atoms with Gasteiger partial charge >= 0.3 is 0 Å². The number of fused-ring (bicyclic) bond motifs is 1. The van der Waals surface area contributed by atoms with Gasteiger partial charge in [0, 0.05) is 24.8 Å². The van der Waals surface area contributed by atoms with Crippen molar-refractivity contribution in [3.05, 3.63) is 64.8 Å². The minimum Gasteiger partial charge on any atom is -0.477 e. The van der Waals surface area contributed by atoms with Crippen LogP contribution in [-0.2, 0) is 11.3 Å². The smallest absolute Gasteiger partial charge is 0.261 e. The minimum atomic E-state index is -0.182. The average molecular weight is 392 g/mol. The van der Waals surface area contributed by atoms with Gasteiger partial charge in [-0.05, 0) is 43.9 Å². The van der Waals surface area contributed by atoms with Gasteiger partial charge in [-0.1, -0.05) is 18.2 Å². The number of rotatable bonds is 5. The highest BCUT2D eigenvalue weighted by molar-refractivity contribution is 5.79. The van der Waals surface area contributed by atoms with Crippen molar-refractivity contribution in [2.24, 2.45) is 5.92 Å². The molecule has 3 aromatic rings. The van der Waals surface area contributed by atoms with Crippen LogP contribution in [0.25, 0.3) is 10.9 Å². The number of ether oxygens (including phenoxy) is 1. The van der Waals surface area contributed by atoms with Gasteiger partial charge in [-0.3, -0.25) is 14.2 Å². The molecule has 2 aromatic heterocycles. The van der Waals surface area contributed by atoms with E-state index in [0.29, 0.717) is 42.4 Å². The van der Waals surface area contributed by atoms with Gasteiger partial charge in [-0.2, -0.15) is 0 Å². The molecular weight excluding hydrogens is 368 g/mol. The third-order valence-electron chi connectivity index (χ3n) is 5.42. The fourth-order valence-corrected chi connectivity index (χ4v) is 3.63. The van der Waals surface area contributed by atoms with Crippen molar-refractivity contribution in [3.8, 4) is 5.88 Å². The number of aryl methyl sites for hydroxylation is 1. The van der Waals surface area contributed by atoms with E-state index in [0.717, 1.165) is 18.4 Å². The molecule has 0 unspecified atom stereocenters. The van der Waals surface area contributed by atoms with E-state index in [9.17, 15) is 9.59 Å². The fourth-order valence-electron chi connectivity index (χ4n) is 3.63. The third-order valence-corrected chi connectivity index (χ3v) is 5.42. The van der Waals surface area contributed by atoms with Gasteiger partial charge in [0.15, 0.2) is 0 Å². The number of pyridine rings is 1. The largest absolute Gasteiger partial charge is 0.477 e. The lowest BCUT2D eigenvalue weighted by Gasteiger charge is -2.32. The Labute approximate surface area is 169 Å². The van der Waals surface area contributed by atoms with Crippen molar-refractivity contribution in [1.82, 2.24) is 19.4 Å². The third kappa shape index (κ3) is 4.29. The molecule has 29 heavy (non-hydrogen) atoms. The summed E-state index contributed by atoms with van der Waals surface area (Å²) in [5.41, 5.74) is 1.48. The van der Waals surface area contributed by atoms with Crippen molar-refractivity contribution in [3.63, 3.8) is 0 Å². The molecule has 1 fully saturated rings. The molecule has 0 saturated carbocycles. The van der Waals surface area contributed by atoms with Crippen molar-refractivity contribution < 1.29 is 9.53 Å². The second kappa shape index (κ2) is 8.43. The van der Waals surface area contributed by atoms with E-state index in [2.05, 4.69) is 9.97 Å². The predicted octanol–water partition coefficient (Wildman–Crippen LogP) is 2.42. The zero-order valence-corrected chi connectivity index (χ0v) is 16.5. The van der Waals surface area contributed by atoms with E-state index in [4.69, 9.17) is 4.74 Å². The summed E-state index contributed by atoms with van der Waals surface area (Å²) < 4.78 is 7.25. The summed E-state index contributed by atoms with van der Waals surface area (Å²) in [6, 6.07) is 11.0.